The Kier molecular flexibility index (Phi) is 4.35. The van der Waals surface area contributed by atoms with Gasteiger partial charge in [-0.15, -0.1) is 11.3 Å². The first-order valence-electron chi connectivity index (χ1n) is 7.00. The van der Waals surface area contributed by atoms with Gasteiger partial charge in [0, 0.05) is 18.1 Å². The second-order valence-corrected chi connectivity index (χ2v) is 6.00. The number of aryl methyl sites for hydroxylation is 1. The van der Waals surface area contributed by atoms with Crippen molar-refractivity contribution in [1.29, 1.82) is 0 Å². The molecule has 0 radical (unpaired) electrons. The number of hydrogen-bond donors (Lipinski definition) is 0. The summed E-state index contributed by atoms with van der Waals surface area (Å²) in [6.45, 7) is 3.46. The van der Waals surface area contributed by atoms with Crippen LogP contribution in [0.4, 0.5) is 0 Å². The Morgan fingerprint density at radius 3 is 3.14 bits per heavy atom. The molecule has 6 nitrogen and oxygen atoms in total. The molecule has 1 aliphatic heterocycles. The highest BCUT2D eigenvalue weighted by atomic mass is 32.1. The van der Waals surface area contributed by atoms with Crippen LogP contribution in [0.5, 0.6) is 5.88 Å². The molecule has 0 N–H and O–H groups in total. The molecule has 1 atom stereocenters. The molecular formula is C15H17N3O3S. The van der Waals surface area contributed by atoms with Crippen LogP contribution in [-0.4, -0.2) is 47.6 Å². The Morgan fingerprint density at radius 1 is 1.55 bits per heavy atom. The summed E-state index contributed by atoms with van der Waals surface area (Å²) in [6, 6.07) is 3.29. The van der Waals surface area contributed by atoms with Crippen LogP contribution in [-0.2, 0) is 4.74 Å². The van der Waals surface area contributed by atoms with Crippen LogP contribution < -0.4 is 4.74 Å². The molecule has 0 aromatic carbocycles. The van der Waals surface area contributed by atoms with E-state index in [1.807, 2.05) is 12.3 Å². The predicted octanol–water partition coefficient (Wildman–Crippen LogP) is 2.07. The SMILES string of the molecule is COc1ncccc1C(=O)N1CCOCC1c1csc(C)n1. The number of hydrogen-bond acceptors (Lipinski definition) is 6. The van der Waals surface area contributed by atoms with E-state index >= 15 is 0 Å². The fraction of sp³-hybridized carbons (Fsp3) is 0.400. The van der Waals surface area contributed by atoms with Crippen LogP contribution in [0, 0.1) is 6.92 Å². The number of ether oxygens (including phenoxy) is 2. The summed E-state index contributed by atoms with van der Waals surface area (Å²) in [4.78, 5) is 23.3. The largest absolute Gasteiger partial charge is 0.480 e. The minimum Gasteiger partial charge on any atom is -0.480 e. The summed E-state index contributed by atoms with van der Waals surface area (Å²) in [6.07, 6.45) is 1.61. The zero-order chi connectivity index (χ0) is 15.5. The summed E-state index contributed by atoms with van der Waals surface area (Å²) >= 11 is 1.57. The molecule has 2 aromatic heterocycles. The van der Waals surface area contributed by atoms with Crippen molar-refractivity contribution in [3.8, 4) is 5.88 Å². The van der Waals surface area contributed by atoms with E-state index in [0.29, 0.717) is 31.2 Å². The highest BCUT2D eigenvalue weighted by Gasteiger charge is 2.32. The molecule has 0 saturated carbocycles. The highest BCUT2D eigenvalue weighted by Crippen LogP contribution is 2.28. The van der Waals surface area contributed by atoms with Crippen LogP contribution in [0.2, 0.25) is 0 Å². The van der Waals surface area contributed by atoms with Crippen molar-refractivity contribution >= 4 is 17.2 Å². The van der Waals surface area contributed by atoms with Gasteiger partial charge in [-0.1, -0.05) is 0 Å². The molecule has 1 unspecified atom stereocenters. The Morgan fingerprint density at radius 2 is 2.41 bits per heavy atom. The first kappa shape index (κ1) is 14.9. The Labute approximate surface area is 132 Å². The van der Waals surface area contributed by atoms with Gasteiger partial charge >= 0.3 is 0 Å². The lowest BCUT2D eigenvalue weighted by atomic mass is 10.1. The molecule has 0 spiro atoms. The quantitative estimate of drug-likeness (QED) is 0.866. The Balaban J connectivity index is 1.91. The normalized spacial score (nSPS) is 18.3. The van der Waals surface area contributed by atoms with Gasteiger partial charge in [-0.25, -0.2) is 9.97 Å². The monoisotopic (exact) mass is 319 g/mol. The van der Waals surface area contributed by atoms with Gasteiger partial charge in [-0.05, 0) is 19.1 Å². The topological polar surface area (TPSA) is 64.5 Å². The number of carbonyl (C=O) groups is 1. The Hall–Kier alpha value is -1.99. The molecule has 0 aliphatic carbocycles. The maximum Gasteiger partial charge on any atom is 0.260 e. The van der Waals surface area contributed by atoms with E-state index in [4.69, 9.17) is 9.47 Å². The average Bonchev–Trinajstić information content (AvgIpc) is 3.00. The number of rotatable bonds is 3. The zero-order valence-corrected chi connectivity index (χ0v) is 13.3. The molecule has 3 heterocycles. The molecule has 1 amide bonds. The van der Waals surface area contributed by atoms with Crippen molar-refractivity contribution in [1.82, 2.24) is 14.9 Å². The van der Waals surface area contributed by atoms with Gasteiger partial charge in [0.15, 0.2) is 0 Å². The van der Waals surface area contributed by atoms with Crippen molar-refractivity contribution in [2.45, 2.75) is 13.0 Å². The zero-order valence-electron chi connectivity index (χ0n) is 12.5. The standard InChI is InChI=1S/C15H17N3O3S/c1-10-17-12(9-22-10)13-8-21-7-6-18(13)15(19)11-4-3-5-16-14(11)20-2/h3-5,9,13H,6-8H2,1-2H3. The maximum atomic E-state index is 12.9. The molecular weight excluding hydrogens is 302 g/mol. The Bertz CT molecular complexity index is 674. The van der Waals surface area contributed by atoms with Gasteiger partial charge < -0.3 is 14.4 Å². The molecule has 1 aliphatic rings. The average molecular weight is 319 g/mol. The second-order valence-electron chi connectivity index (χ2n) is 4.94. The van der Waals surface area contributed by atoms with Crippen LogP contribution in [0.1, 0.15) is 27.1 Å². The third kappa shape index (κ3) is 2.82. The number of carbonyl (C=O) groups excluding carboxylic acids is 1. The van der Waals surface area contributed by atoms with Gasteiger partial charge in [-0.2, -0.15) is 0 Å². The van der Waals surface area contributed by atoms with Crippen LogP contribution in [0.15, 0.2) is 23.7 Å². The van der Waals surface area contributed by atoms with Crippen molar-refractivity contribution in [3.63, 3.8) is 0 Å². The summed E-state index contributed by atoms with van der Waals surface area (Å²) in [7, 11) is 1.51. The number of methoxy groups -OCH3 is 1. The summed E-state index contributed by atoms with van der Waals surface area (Å²) in [5.74, 6) is 0.233. The predicted molar refractivity (Wildman–Crippen MR) is 82.2 cm³/mol. The molecule has 116 valence electrons. The fourth-order valence-corrected chi connectivity index (χ4v) is 3.16. The third-order valence-corrected chi connectivity index (χ3v) is 4.35. The second kappa shape index (κ2) is 6.41. The fourth-order valence-electron chi connectivity index (χ4n) is 2.50. The molecule has 0 bridgehead atoms. The number of pyridine rings is 1. The van der Waals surface area contributed by atoms with Crippen LogP contribution in [0.3, 0.4) is 0 Å². The minimum atomic E-state index is -0.170. The third-order valence-electron chi connectivity index (χ3n) is 3.56. The van der Waals surface area contributed by atoms with E-state index in [1.54, 1.807) is 34.6 Å². The van der Waals surface area contributed by atoms with Crippen molar-refractivity contribution in [2.24, 2.45) is 0 Å². The molecule has 7 heteroatoms. The molecule has 1 fully saturated rings. The molecule has 3 rings (SSSR count). The minimum absolute atomic E-state index is 0.107. The molecule has 22 heavy (non-hydrogen) atoms. The number of thiazole rings is 1. The van der Waals surface area contributed by atoms with Crippen LogP contribution >= 0.6 is 11.3 Å². The molecule has 2 aromatic rings. The number of nitrogens with zero attached hydrogens (tertiary/aromatic N) is 3. The number of aromatic nitrogens is 2. The van der Waals surface area contributed by atoms with E-state index in [9.17, 15) is 4.79 Å². The van der Waals surface area contributed by atoms with E-state index in [0.717, 1.165) is 10.7 Å². The van der Waals surface area contributed by atoms with Gasteiger partial charge in [-0.3, -0.25) is 4.79 Å². The van der Waals surface area contributed by atoms with Gasteiger partial charge in [0.1, 0.15) is 5.56 Å². The summed E-state index contributed by atoms with van der Waals surface area (Å²) in [5.41, 5.74) is 1.34. The van der Waals surface area contributed by atoms with E-state index in [1.165, 1.54) is 7.11 Å². The summed E-state index contributed by atoms with van der Waals surface area (Å²) < 4.78 is 10.7. The van der Waals surface area contributed by atoms with E-state index in [-0.39, 0.29) is 11.9 Å². The van der Waals surface area contributed by atoms with Crippen molar-refractivity contribution < 1.29 is 14.3 Å². The smallest absolute Gasteiger partial charge is 0.260 e. The lowest BCUT2D eigenvalue weighted by Gasteiger charge is -2.34. The highest BCUT2D eigenvalue weighted by molar-refractivity contribution is 7.09. The lowest BCUT2D eigenvalue weighted by molar-refractivity contribution is -0.00394. The van der Waals surface area contributed by atoms with Gasteiger partial charge in [0.05, 0.1) is 37.1 Å². The van der Waals surface area contributed by atoms with E-state index < -0.39 is 0 Å². The van der Waals surface area contributed by atoms with Gasteiger partial charge in [0.25, 0.3) is 5.91 Å². The van der Waals surface area contributed by atoms with Crippen molar-refractivity contribution in [3.05, 3.63) is 40.0 Å². The number of amides is 1. The van der Waals surface area contributed by atoms with Crippen molar-refractivity contribution in [2.75, 3.05) is 26.9 Å². The first-order chi connectivity index (χ1) is 10.7. The van der Waals surface area contributed by atoms with E-state index in [2.05, 4.69) is 9.97 Å². The van der Waals surface area contributed by atoms with Crippen LogP contribution in [0.25, 0.3) is 0 Å². The maximum absolute atomic E-state index is 12.9. The number of morpholine rings is 1. The molecule has 1 saturated heterocycles. The van der Waals surface area contributed by atoms with Gasteiger partial charge in [0.2, 0.25) is 5.88 Å². The first-order valence-corrected chi connectivity index (χ1v) is 7.88. The summed E-state index contributed by atoms with van der Waals surface area (Å²) in [5, 5.41) is 2.96. The lowest BCUT2D eigenvalue weighted by Crippen LogP contribution is -2.43.